The Balaban J connectivity index is 2.11. The first-order chi connectivity index (χ1) is 13.7. The van der Waals surface area contributed by atoms with Crippen LogP contribution in [0.1, 0.15) is 42.2 Å². The smallest absolute Gasteiger partial charge is 0.339 e. The number of thiocarbonyl (C=S) groups is 1. The second kappa shape index (κ2) is 10.0. The summed E-state index contributed by atoms with van der Waals surface area (Å²) in [6.07, 6.45) is 1.90. The number of sulfone groups is 1. The second-order valence-corrected chi connectivity index (χ2v) is 9.15. The quantitative estimate of drug-likeness (QED) is 0.475. The fraction of sp³-hybridized carbons (Fsp3) is 0.300. The lowest BCUT2D eigenvalue weighted by molar-refractivity contribution is 0.0526. The van der Waals surface area contributed by atoms with Gasteiger partial charge in [-0.05, 0) is 61.5 Å². The summed E-state index contributed by atoms with van der Waals surface area (Å²) in [6, 6.07) is 11.5. The molecule has 0 aliphatic rings. The van der Waals surface area contributed by atoms with Gasteiger partial charge in [-0.25, -0.2) is 13.2 Å². The fourth-order valence-electron chi connectivity index (χ4n) is 2.66. The summed E-state index contributed by atoms with van der Waals surface area (Å²) in [7, 11) is -3.24. The van der Waals surface area contributed by atoms with Crippen molar-refractivity contribution in [1.29, 1.82) is 0 Å². The van der Waals surface area contributed by atoms with Crippen molar-refractivity contribution < 1.29 is 17.9 Å². The van der Waals surface area contributed by atoms with Crippen LogP contribution in [0.15, 0.2) is 47.4 Å². The molecule has 0 saturated heterocycles. The molecule has 2 aromatic rings. The first kappa shape index (κ1) is 23.1. The first-order valence-corrected chi connectivity index (χ1v) is 11.7. The first-order valence-electron chi connectivity index (χ1n) is 8.99. The van der Waals surface area contributed by atoms with Gasteiger partial charge in [0.15, 0.2) is 14.9 Å². The molecule has 0 spiro atoms. The number of anilines is 1. The van der Waals surface area contributed by atoms with Gasteiger partial charge in [0.1, 0.15) is 0 Å². The third-order valence-electron chi connectivity index (χ3n) is 4.14. The van der Waals surface area contributed by atoms with Gasteiger partial charge in [-0.3, -0.25) is 0 Å². The number of ether oxygens (including phenoxy) is 1. The monoisotopic (exact) mass is 454 g/mol. The Morgan fingerprint density at radius 3 is 2.38 bits per heavy atom. The zero-order valence-electron chi connectivity index (χ0n) is 16.4. The number of rotatable bonds is 7. The van der Waals surface area contributed by atoms with Crippen LogP contribution >= 0.6 is 23.8 Å². The summed E-state index contributed by atoms with van der Waals surface area (Å²) in [5, 5.41) is 6.89. The zero-order valence-corrected chi connectivity index (χ0v) is 18.7. The highest BCUT2D eigenvalue weighted by atomic mass is 35.5. The standard InChI is InChI=1S/C20H23ClN2O4S2/c1-4-18(13-6-9-15(10-7-13)29(3,25)26)23-20(28)22-14-8-11-17(21)16(12-14)19(24)27-5-2/h6-12,18H,4-5H2,1-3H3,(H2,22,23,28). The number of hydrogen-bond donors (Lipinski definition) is 2. The Labute approximate surface area is 181 Å². The Hall–Kier alpha value is -2.16. The van der Waals surface area contributed by atoms with Crippen molar-refractivity contribution in [1.82, 2.24) is 5.32 Å². The average Bonchev–Trinajstić information content (AvgIpc) is 2.67. The molecule has 2 aromatic carbocycles. The molecule has 1 atom stereocenters. The van der Waals surface area contributed by atoms with E-state index in [4.69, 9.17) is 28.6 Å². The Morgan fingerprint density at radius 1 is 1.17 bits per heavy atom. The largest absolute Gasteiger partial charge is 0.462 e. The van der Waals surface area contributed by atoms with Gasteiger partial charge >= 0.3 is 5.97 Å². The Kier molecular flexibility index (Phi) is 8.01. The molecule has 2 rings (SSSR count). The normalized spacial score (nSPS) is 12.1. The maximum absolute atomic E-state index is 12.0. The summed E-state index contributed by atoms with van der Waals surface area (Å²) in [4.78, 5) is 12.3. The lowest BCUT2D eigenvalue weighted by Crippen LogP contribution is -2.32. The van der Waals surface area contributed by atoms with Crippen LogP contribution in [0.25, 0.3) is 0 Å². The molecule has 29 heavy (non-hydrogen) atoms. The highest BCUT2D eigenvalue weighted by molar-refractivity contribution is 7.90. The van der Waals surface area contributed by atoms with Gasteiger partial charge in [-0.1, -0.05) is 30.7 Å². The van der Waals surface area contributed by atoms with Crippen LogP contribution in [-0.2, 0) is 14.6 Å². The van der Waals surface area contributed by atoms with Crippen molar-refractivity contribution >= 4 is 50.4 Å². The predicted molar refractivity (Wildman–Crippen MR) is 119 cm³/mol. The predicted octanol–water partition coefficient (Wildman–Crippen LogP) is 4.36. The molecule has 0 radical (unpaired) electrons. The highest BCUT2D eigenvalue weighted by Gasteiger charge is 2.15. The van der Waals surface area contributed by atoms with Gasteiger partial charge in [-0.2, -0.15) is 0 Å². The van der Waals surface area contributed by atoms with Crippen LogP contribution in [0, 0.1) is 0 Å². The molecule has 9 heteroatoms. The van der Waals surface area contributed by atoms with E-state index in [0.717, 1.165) is 12.0 Å². The maximum Gasteiger partial charge on any atom is 0.339 e. The topological polar surface area (TPSA) is 84.5 Å². The second-order valence-electron chi connectivity index (χ2n) is 6.32. The number of nitrogens with one attached hydrogen (secondary N) is 2. The number of halogens is 1. The van der Waals surface area contributed by atoms with E-state index in [0.29, 0.717) is 15.8 Å². The molecular formula is C20H23ClN2O4S2. The summed E-state index contributed by atoms with van der Waals surface area (Å²) in [5.41, 5.74) is 1.76. The molecule has 0 saturated carbocycles. The molecule has 1 unspecified atom stereocenters. The van der Waals surface area contributed by atoms with Gasteiger partial charge < -0.3 is 15.4 Å². The van der Waals surface area contributed by atoms with E-state index in [1.54, 1.807) is 49.4 Å². The van der Waals surface area contributed by atoms with Crippen molar-refractivity contribution in [2.75, 3.05) is 18.2 Å². The van der Waals surface area contributed by atoms with Crippen molar-refractivity contribution in [3.8, 4) is 0 Å². The summed E-state index contributed by atoms with van der Waals surface area (Å²) in [6.45, 7) is 3.97. The number of benzene rings is 2. The fourth-order valence-corrected chi connectivity index (χ4v) is 3.75. The molecule has 0 amide bonds. The molecule has 0 aliphatic carbocycles. The zero-order chi connectivity index (χ0) is 21.6. The van der Waals surface area contributed by atoms with Crippen molar-refractivity contribution in [3.05, 3.63) is 58.6 Å². The lowest BCUT2D eigenvalue weighted by Gasteiger charge is -2.20. The molecule has 6 nitrogen and oxygen atoms in total. The van der Waals surface area contributed by atoms with Crippen molar-refractivity contribution in [2.45, 2.75) is 31.2 Å². The average molecular weight is 455 g/mol. The van der Waals surface area contributed by atoms with E-state index in [9.17, 15) is 13.2 Å². The van der Waals surface area contributed by atoms with Crippen LogP contribution in [-0.4, -0.2) is 32.4 Å². The third-order valence-corrected chi connectivity index (χ3v) is 5.82. The number of carbonyl (C=O) groups is 1. The third kappa shape index (κ3) is 6.42. The summed E-state index contributed by atoms with van der Waals surface area (Å²) >= 11 is 11.5. The van der Waals surface area contributed by atoms with Crippen LogP contribution in [0.4, 0.5) is 5.69 Å². The molecule has 0 aromatic heterocycles. The van der Waals surface area contributed by atoms with Crippen LogP contribution in [0.5, 0.6) is 0 Å². The Bertz CT molecular complexity index is 992. The van der Waals surface area contributed by atoms with Gasteiger partial charge in [0.05, 0.1) is 28.1 Å². The van der Waals surface area contributed by atoms with E-state index >= 15 is 0 Å². The van der Waals surface area contributed by atoms with E-state index < -0.39 is 15.8 Å². The van der Waals surface area contributed by atoms with Crippen molar-refractivity contribution in [3.63, 3.8) is 0 Å². The summed E-state index contributed by atoms with van der Waals surface area (Å²) < 4.78 is 28.2. The number of hydrogen-bond acceptors (Lipinski definition) is 5. The van der Waals surface area contributed by atoms with Crippen LogP contribution in [0.2, 0.25) is 5.02 Å². The summed E-state index contributed by atoms with van der Waals surface area (Å²) in [5.74, 6) is -0.502. The molecule has 0 bridgehead atoms. The van der Waals surface area contributed by atoms with Gasteiger partial charge in [-0.15, -0.1) is 0 Å². The van der Waals surface area contributed by atoms with Gasteiger partial charge in [0.2, 0.25) is 0 Å². The minimum absolute atomic E-state index is 0.111. The van der Waals surface area contributed by atoms with Crippen LogP contribution in [0.3, 0.4) is 0 Å². The molecule has 0 aliphatic heterocycles. The molecule has 156 valence electrons. The van der Waals surface area contributed by atoms with E-state index in [1.807, 2.05) is 6.92 Å². The van der Waals surface area contributed by atoms with E-state index in [2.05, 4.69) is 10.6 Å². The number of carbonyl (C=O) groups excluding carboxylic acids is 1. The molecule has 2 N–H and O–H groups in total. The van der Waals surface area contributed by atoms with Gasteiger partial charge in [0, 0.05) is 11.9 Å². The minimum Gasteiger partial charge on any atom is -0.462 e. The Morgan fingerprint density at radius 2 is 1.83 bits per heavy atom. The lowest BCUT2D eigenvalue weighted by atomic mass is 10.1. The van der Waals surface area contributed by atoms with E-state index in [-0.39, 0.29) is 23.1 Å². The highest BCUT2D eigenvalue weighted by Crippen LogP contribution is 2.23. The van der Waals surface area contributed by atoms with Crippen molar-refractivity contribution in [2.24, 2.45) is 0 Å². The SMILES string of the molecule is CCOC(=O)c1cc(NC(=S)NC(CC)c2ccc(S(C)(=O)=O)cc2)ccc1Cl. The van der Waals surface area contributed by atoms with E-state index in [1.165, 1.54) is 6.26 Å². The van der Waals surface area contributed by atoms with Crippen LogP contribution < -0.4 is 10.6 Å². The molecule has 0 fully saturated rings. The minimum atomic E-state index is -3.24. The molecular weight excluding hydrogens is 432 g/mol. The maximum atomic E-state index is 12.0. The molecule has 0 heterocycles. The number of esters is 1. The van der Waals surface area contributed by atoms with Gasteiger partial charge in [0.25, 0.3) is 0 Å².